The van der Waals surface area contributed by atoms with E-state index in [2.05, 4.69) is 48.6 Å². The molecule has 0 spiro atoms. The number of allylic oxidation sites excluding steroid dienone is 7. The van der Waals surface area contributed by atoms with Crippen LogP contribution in [0.3, 0.4) is 0 Å². The number of hydrogen-bond donors (Lipinski definition) is 2. The predicted molar refractivity (Wildman–Crippen MR) is 200 cm³/mol. The van der Waals surface area contributed by atoms with Gasteiger partial charge in [0.2, 0.25) is 0 Å². The minimum Gasteiger partial charge on any atom is -0.478 e. The van der Waals surface area contributed by atoms with E-state index in [9.17, 15) is 9.90 Å². The zero-order valence-electron chi connectivity index (χ0n) is 31.3. The molecule has 1 unspecified atom stereocenters. The molecule has 2 N–H and O–H groups in total. The molecule has 1 fully saturated rings. The number of nitrogens with one attached hydrogen (secondary N) is 1. The Kier molecular flexibility index (Phi) is 13.5. The highest BCUT2D eigenvalue weighted by Gasteiger charge is 2.34. The molecule has 4 rings (SSSR count). The average Bonchev–Trinajstić information content (AvgIpc) is 3.61. The van der Waals surface area contributed by atoms with Crippen LogP contribution in [-0.4, -0.2) is 72.4 Å². The van der Waals surface area contributed by atoms with Crippen LogP contribution in [-0.2, 0) is 4.79 Å². The van der Waals surface area contributed by atoms with Gasteiger partial charge in [-0.1, -0.05) is 58.9 Å². The third-order valence-electron chi connectivity index (χ3n) is 9.46. The first-order valence-electron chi connectivity index (χ1n) is 17.3. The number of fused-ring (bicyclic) bond motifs is 1. The van der Waals surface area contributed by atoms with Crippen LogP contribution >= 0.6 is 0 Å². The number of carboxylic acid groups (broad SMARTS) is 1. The number of anilines is 1. The highest BCUT2D eigenvalue weighted by molar-refractivity contribution is 6.07. The van der Waals surface area contributed by atoms with Crippen molar-refractivity contribution in [2.24, 2.45) is 16.8 Å². The Morgan fingerprint density at radius 2 is 1.82 bits per heavy atom. The summed E-state index contributed by atoms with van der Waals surface area (Å²) in [4.78, 5) is 23.0. The monoisotopic (exact) mass is 675 g/mol. The molecule has 49 heavy (non-hydrogen) atoms. The molecule has 1 atom stereocenters. The van der Waals surface area contributed by atoms with Gasteiger partial charge in [-0.25, -0.2) is 18.6 Å². The molecule has 0 radical (unpaired) electrons. The molecule has 1 aromatic carbocycles. The zero-order chi connectivity index (χ0) is 36.7. The summed E-state index contributed by atoms with van der Waals surface area (Å²) in [7, 11) is 5.64. The van der Waals surface area contributed by atoms with Crippen LogP contribution in [0.5, 0.6) is 0 Å². The normalized spacial score (nSPS) is 18.5. The van der Waals surface area contributed by atoms with Crippen LogP contribution < -0.4 is 5.32 Å². The molecule has 0 amide bonds. The summed E-state index contributed by atoms with van der Waals surface area (Å²) < 4.78 is 31.7. The summed E-state index contributed by atoms with van der Waals surface area (Å²) in [6.07, 6.45) is 10.8. The Labute approximate surface area is 292 Å². The zero-order valence-corrected chi connectivity index (χ0v) is 31.3. The second kappa shape index (κ2) is 16.9. The van der Waals surface area contributed by atoms with Crippen molar-refractivity contribution >= 4 is 23.1 Å². The highest BCUT2D eigenvalue weighted by atomic mass is 19.2. The number of nitrogens with zero attached hydrogens (tertiary/aromatic N) is 4. The largest absolute Gasteiger partial charge is 0.478 e. The molecule has 3 aliphatic rings. The van der Waals surface area contributed by atoms with Crippen LogP contribution in [0.25, 0.3) is 5.57 Å². The number of carboxylic acids is 1. The third-order valence-corrected chi connectivity index (χ3v) is 9.46. The Balaban J connectivity index is 0.00000319. The molecule has 1 aromatic rings. The van der Waals surface area contributed by atoms with Crippen molar-refractivity contribution in [3.8, 4) is 0 Å². The van der Waals surface area contributed by atoms with Gasteiger partial charge in [-0.05, 0) is 71.2 Å². The van der Waals surface area contributed by atoms with Crippen molar-refractivity contribution in [3.05, 3.63) is 105 Å². The standard InChI is InChI=1S/C38H49F2N5O2.C2H6/c1-11-28(26-17-27(20-43(9)10)37-42-19-29(38(46)47)32(12-2)45(37)21-26)36(44-15-13-14-16-44)34(24(6)23(5)22(3)4)33-25(7)31(41-8)18-30(39)35(33)40;1-2/h11-12,17-19,21-23,41H,1,13-16,20H2,2-10H3,(H,46,47);1-2H3/b32-12-,34-24+,36-28-;. The van der Waals surface area contributed by atoms with Crippen LogP contribution in [0, 0.1) is 30.4 Å². The van der Waals surface area contributed by atoms with Gasteiger partial charge in [0.15, 0.2) is 11.6 Å². The Morgan fingerprint density at radius 1 is 1.18 bits per heavy atom. The Morgan fingerprint density at radius 3 is 2.33 bits per heavy atom. The first kappa shape index (κ1) is 39.2. The number of likely N-dealkylation sites (N-methyl/N-ethyl adjacent to an activating group) is 1. The summed E-state index contributed by atoms with van der Waals surface area (Å²) in [5.74, 6) is -1.94. The smallest absolute Gasteiger partial charge is 0.339 e. The van der Waals surface area contributed by atoms with E-state index >= 15 is 8.78 Å². The predicted octanol–water partition coefficient (Wildman–Crippen LogP) is 8.91. The lowest BCUT2D eigenvalue weighted by Crippen LogP contribution is -2.37. The van der Waals surface area contributed by atoms with Crippen LogP contribution in [0.2, 0.25) is 0 Å². The van der Waals surface area contributed by atoms with Crippen molar-refractivity contribution in [1.29, 1.82) is 0 Å². The van der Waals surface area contributed by atoms with Crippen LogP contribution in [0.4, 0.5) is 14.5 Å². The van der Waals surface area contributed by atoms with Gasteiger partial charge in [0.1, 0.15) is 11.4 Å². The van der Waals surface area contributed by atoms with Gasteiger partial charge in [-0.15, -0.1) is 0 Å². The van der Waals surface area contributed by atoms with Crippen molar-refractivity contribution in [2.75, 3.05) is 46.1 Å². The SMILES string of the molecule is C=C/C(C1=CN2C(=NC=C(C(=O)O)/C2=C/C)C(CN(C)C)=C1)=C(\C(=C(/C)C(C)C(C)C)c1c(C)c(NC)cc(F)c1F)N1CCCC1.CC. The van der Waals surface area contributed by atoms with Gasteiger partial charge in [0, 0.05) is 78.7 Å². The van der Waals surface area contributed by atoms with E-state index in [0.717, 1.165) is 53.9 Å². The lowest BCUT2D eigenvalue weighted by molar-refractivity contribution is -0.132. The van der Waals surface area contributed by atoms with E-state index in [-0.39, 0.29) is 23.0 Å². The lowest BCUT2D eigenvalue weighted by Gasteiger charge is -2.36. The number of hydrogen-bond acceptors (Lipinski definition) is 6. The number of rotatable bonds is 11. The van der Waals surface area contributed by atoms with E-state index in [1.165, 1.54) is 12.3 Å². The summed E-state index contributed by atoms with van der Waals surface area (Å²) in [6.45, 7) is 22.4. The van der Waals surface area contributed by atoms with Crippen LogP contribution in [0.1, 0.15) is 72.4 Å². The second-order valence-electron chi connectivity index (χ2n) is 13.1. The number of benzene rings is 1. The van der Waals surface area contributed by atoms with E-state index in [4.69, 9.17) is 0 Å². The Hall–Kier alpha value is -4.24. The first-order valence-corrected chi connectivity index (χ1v) is 17.3. The minimum absolute atomic E-state index is 0.0488. The number of likely N-dealkylation sites (tertiary alicyclic amines) is 1. The molecule has 9 heteroatoms. The summed E-state index contributed by atoms with van der Waals surface area (Å²) in [6, 6.07) is 1.21. The van der Waals surface area contributed by atoms with E-state index in [1.54, 1.807) is 26.1 Å². The van der Waals surface area contributed by atoms with E-state index in [1.807, 2.05) is 57.8 Å². The van der Waals surface area contributed by atoms with Crippen molar-refractivity contribution in [1.82, 2.24) is 14.7 Å². The molecule has 3 aliphatic heterocycles. The molecular formula is C40H55F2N5O2. The maximum absolute atomic E-state index is 16.3. The second-order valence-corrected chi connectivity index (χ2v) is 13.1. The fourth-order valence-corrected chi connectivity index (χ4v) is 6.62. The van der Waals surface area contributed by atoms with Crippen molar-refractivity contribution in [2.45, 2.75) is 68.2 Å². The summed E-state index contributed by atoms with van der Waals surface area (Å²) in [5, 5.41) is 13.1. The number of amidine groups is 1. The molecule has 0 aliphatic carbocycles. The molecule has 0 saturated carbocycles. The highest BCUT2D eigenvalue weighted by Crippen LogP contribution is 2.44. The Bertz CT molecular complexity index is 1670. The lowest BCUT2D eigenvalue weighted by atomic mass is 9.81. The summed E-state index contributed by atoms with van der Waals surface area (Å²) in [5.41, 5.74) is 6.78. The first-order chi connectivity index (χ1) is 23.3. The molecule has 0 aromatic heterocycles. The van der Waals surface area contributed by atoms with Crippen molar-refractivity contribution in [3.63, 3.8) is 0 Å². The number of aliphatic imine (C=N–C) groups is 1. The number of halogens is 2. The molecule has 1 saturated heterocycles. The van der Waals surface area contributed by atoms with E-state index in [0.29, 0.717) is 34.9 Å². The van der Waals surface area contributed by atoms with Gasteiger partial charge in [0.25, 0.3) is 0 Å². The van der Waals surface area contributed by atoms with E-state index < -0.39 is 17.6 Å². The van der Waals surface area contributed by atoms with Crippen LogP contribution in [0.15, 0.2) is 87.5 Å². The van der Waals surface area contributed by atoms with Gasteiger partial charge >= 0.3 is 5.97 Å². The average molecular weight is 676 g/mol. The molecule has 7 nitrogen and oxygen atoms in total. The maximum Gasteiger partial charge on any atom is 0.339 e. The maximum atomic E-state index is 16.3. The molecule has 3 heterocycles. The van der Waals surface area contributed by atoms with Gasteiger partial charge in [-0.3, -0.25) is 0 Å². The fourth-order valence-electron chi connectivity index (χ4n) is 6.62. The number of carbonyl (C=O) groups is 1. The third kappa shape index (κ3) is 7.99. The fraction of sp³-hybridized carbons (Fsp3) is 0.450. The molecular weight excluding hydrogens is 620 g/mol. The minimum atomic E-state index is -1.07. The quantitative estimate of drug-likeness (QED) is 0.228. The molecule has 0 bridgehead atoms. The number of aliphatic carboxylic acids is 1. The molecule has 266 valence electrons. The van der Waals surface area contributed by atoms with Gasteiger partial charge in [0.05, 0.1) is 11.4 Å². The summed E-state index contributed by atoms with van der Waals surface area (Å²) >= 11 is 0. The van der Waals surface area contributed by atoms with Gasteiger partial charge in [-0.2, -0.15) is 0 Å². The van der Waals surface area contributed by atoms with Crippen molar-refractivity contribution < 1.29 is 18.7 Å². The topological polar surface area (TPSA) is 71.4 Å². The van der Waals surface area contributed by atoms with Gasteiger partial charge < -0.3 is 25.1 Å².